The van der Waals surface area contributed by atoms with Gasteiger partial charge in [-0.2, -0.15) is 0 Å². The predicted molar refractivity (Wildman–Crippen MR) is 33.7 cm³/mol. The van der Waals surface area contributed by atoms with Crippen molar-refractivity contribution >= 4 is 0 Å². The fourth-order valence-corrected chi connectivity index (χ4v) is 1.09. The normalized spacial score (nSPS) is 11.6. The summed E-state index contributed by atoms with van der Waals surface area (Å²) in [6.45, 7) is 0. The van der Waals surface area contributed by atoms with E-state index in [9.17, 15) is 0 Å². The van der Waals surface area contributed by atoms with Crippen LogP contribution in [0.4, 0.5) is 0 Å². The predicted octanol–water partition coefficient (Wildman–Crippen LogP) is -5.89. The smallest absolute Gasteiger partial charge is 1.00 e. The molecule has 0 bridgehead atoms. The van der Waals surface area contributed by atoms with Crippen LogP contribution in [0.25, 0.3) is 0 Å². The van der Waals surface area contributed by atoms with Crippen molar-refractivity contribution in [1.82, 2.24) is 0 Å². The first-order chi connectivity index (χ1) is 5.97. The summed E-state index contributed by atoms with van der Waals surface area (Å²) in [6.07, 6.45) is 0. The zero-order valence-corrected chi connectivity index (χ0v) is 12.4. The van der Waals surface area contributed by atoms with Gasteiger partial charge in [0.15, 0.2) is 0 Å². The van der Waals surface area contributed by atoms with Crippen LogP contribution in [0.2, 0.25) is 0 Å². The van der Waals surface area contributed by atoms with Crippen LogP contribution in [0, 0.1) is 61.4 Å². The molecule has 15 heavy (non-hydrogen) atoms. The maximum atomic E-state index is 8.58. The third kappa shape index (κ3) is 2.01. The Kier molecular flexibility index (Phi) is 6.55. The first kappa shape index (κ1) is 19.9. The molecule has 0 aliphatic rings. The van der Waals surface area contributed by atoms with Crippen LogP contribution in [0.15, 0.2) is 0 Å². The van der Waals surface area contributed by atoms with Gasteiger partial charge in [0.25, 0.3) is 0 Å². The second-order valence-corrected chi connectivity index (χ2v) is 7.42. The van der Waals surface area contributed by atoms with E-state index in [0.717, 1.165) is 29.8 Å². The van der Waals surface area contributed by atoms with Gasteiger partial charge in [-0.15, -0.1) is 0 Å². The molecule has 0 fully saturated rings. The summed E-state index contributed by atoms with van der Waals surface area (Å²) in [5.74, 6) is 0. The van der Waals surface area contributed by atoms with Crippen molar-refractivity contribution in [3.63, 3.8) is 0 Å². The van der Waals surface area contributed by atoms with Gasteiger partial charge in [0.1, 0.15) is 0 Å². The summed E-state index contributed by atoms with van der Waals surface area (Å²) in [7, 11) is -6.17. The molecule has 0 atom stereocenters. The van der Waals surface area contributed by atoms with Gasteiger partial charge in [-0.1, -0.05) is 0 Å². The van der Waals surface area contributed by atoms with Crippen molar-refractivity contribution in [3.05, 3.63) is 0 Å². The van der Waals surface area contributed by atoms with Crippen molar-refractivity contribution in [2.45, 2.75) is 0 Å². The van der Waals surface area contributed by atoms with Gasteiger partial charge in [0.2, 0.25) is 0 Å². The number of rotatable bonds is 0. The van der Waals surface area contributed by atoms with E-state index in [-0.39, 0.29) is 63.8 Å². The van der Waals surface area contributed by atoms with Crippen molar-refractivity contribution in [3.8, 4) is 29.8 Å². The van der Waals surface area contributed by atoms with E-state index in [0.29, 0.717) is 0 Å². The van der Waals surface area contributed by atoms with Gasteiger partial charge in [0.05, 0.1) is 0 Å². The Morgan fingerprint density at radius 1 is 0.533 bits per heavy atom. The largest absolute Gasteiger partial charge is 1.00 e. The Morgan fingerprint density at radius 3 is 0.667 bits per heavy atom. The van der Waals surface area contributed by atoms with Crippen LogP contribution in [0.1, 0.15) is 0 Å². The van der Waals surface area contributed by atoms with Crippen LogP contribution >= 0.6 is 0 Å². The van der Waals surface area contributed by atoms with Gasteiger partial charge in [-0.05, 0) is 0 Å². The van der Waals surface area contributed by atoms with Crippen molar-refractivity contribution in [2.24, 2.45) is 0 Å². The van der Waals surface area contributed by atoms with Gasteiger partial charge < -0.3 is 12.4 Å². The van der Waals surface area contributed by atoms with E-state index in [1.165, 1.54) is 0 Å². The molecule has 9 heteroatoms. The number of halogens is 1. The van der Waals surface area contributed by atoms with Crippen LogP contribution in [-0.4, -0.2) is 0 Å². The average molecular weight is 287 g/mol. The van der Waals surface area contributed by atoms with Gasteiger partial charge in [-0.3, -0.25) is 0 Å². The molecule has 0 spiro atoms. The van der Waals surface area contributed by atoms with Crippen molar-refractivity contribution < 1.29 is 74.5 Å². The summed E-state index contributed by atoms with van der Waals surface area (Å²) in [4.78, 5) is 6.19. The van der Waals surface area contributed by atoms with E-state index < -0.39 is 10.7 Å². The average Bonchev–Trinajstić information content (AvgIpc) is 2.26. The monoisotopic (exact) mass is 286 g/mol. The zero-order valence-electron chi connectivity index (χ0n) is 7.41. The molecule has 0 saturated heterocycles. The molecule has 0 aliphatic carbocycles. The second kappa shape index (κ2) is 4.94. The fourth-order valence-electron chi connectivity index (χ4n) is 0.265. The second-order valence-electron chi connectivity index (χ2n) is 1.80. The minimum atomic E-state index is -6.17. The van der Waals surface area contributed by atoms with E-state index in [2.05, 4.69) is 0 Å². The maximum absolute atomic E-state index is 8.58. The number of hydrogen-bond acceptors (Lipinski definition) is 6. The molecule has 0 N–H and O–H groups in total. The number of nitrogens with zero attached hydrogens (tertiary/aromatic N) is 6. The van der Waals surface area contributed by atoms with Gasteiger partial charge in [-0.25, -0.2) is 0 Å². The molecule has 73 valence electrons. The number of nitriles is 6. The molecule has 0 radical (unpaired) electrons. The van der Waals surface area contributed by atoms with Crippen molar-refractivity contribution in [1.29, 1.82) is 31.6 Å². The first-order valence-electron chi connectivity index (χ1n) is 2.40. The van der Waals surface area contributed by atoms with Crippen molar-refractivity contribution in [2.75, 3.05) is 0 Å². The zero-order chi connectivity index (χ0) is 10.7. The molecule has 0 amide bonds. The summed E-state index contributed by atoms with van der Waals surface area (Å²) in [6, 6.07) is 0. The van der Waals surface area contributed by atoms with E-state index in [1.807, 2.05) is 0 Å². The topological polar surface area (TPSA) is 143 Å². The van der Waals surface area contributed by atoms with Crippen LogP contribution < -0.4 is 63.8 Å². The van der Waals surface area contributed by atoms with Gasteiger partial charge in [0, 0.05) is 0 Å². The summed E-state index contributed by atoms with van der Waals surface area (Å²) >= 11 is 0. The molecule has 0 aromatic heterocycles. The SMILES string of the molecule is N#[C][Fe-3]([C]#N)([C]#N)([C]#N)([C]#N)[C]#N.[Cl-].[K+]. The molecule has 0 aromatic carbocycles. The molecular formula is C6ClFeKN6-3. The van der Waals surface area contributed by atoms with E-state index in [1.54, 1.807) is 0 Å². The third-order valence-electron chi connectivity index (χ3n) is 1.19. The van der Waals surface area contributed by atoms with Crippen LogP contribution in [0.5, 0.6) is 0 Å². The molecule has 0 unspecified atom stereocenters. The Labute approximate surface area is 134 Å². The summed E-state index contributed by atoms with van der Waals surface area (Å²) in [5, 5.41) is 51.5. The Balaban J connectivity index is -0.000000720. The minimum Gasteiger partial charge on any atom is -1.00 e. The molecule has 0 rings (SSSR count). The van der Waals surface area contributed by atoms with E-state index >= 15 is 0 Å². The molecule has 6 nitrogen and oxygen atoms in total. The third-order valence-corrected chi connectivity index (χ3v) is 4.89. The molecule has 0 saturated carbocycles. The summed E-state index contributed by atoms with van der Waals surface area (Å²) < 4.78 is 0. The van der Waals surface area contributed by atoms with Crippen LogP contribution in [0.3, 0.4) is 0 Å². The Morgan fingerprint density at radius 2 is 0.667 bits per heavy atom. The Bertz CT molecular complexity index is 397. The van der Waals surface area contributed by atoms with Crippen LogP contribution in [-0.2, 0) is 10.7 Å². The molecule has 0 aliphatic heterocycles. The fraction of sp³-hybridized carbons (Fsp3) is 0. The molecule has 0 aromatic rings. The summed E-state index contributed by atoms with van der Waals surface area (Å²) in [5.41, 5.74) is 0. The maximum Gasteiger partial charge on any atom is 1.00 e. The first-order valence-corrected chi connectivity index (χ1v) is 5.71. The molecule has 0 heterocycles. The molecular weight excluding hydrogens is 287 g/mol. The Hall–Kier alpha value is -0.614. The minimum absolute atomic E-state index is 0. The standard InChI is InChI=1S/6CN.ClH.Fe.K/c6*1-2;;;/h;;;;;;1H;;/q;;;;;;;-3;+1/p-1. The van der Waals surface area contributed by atoms with Gasteiger partial charge >= 0.3 is 123 Å². The number of hydrogen-bond donors (Lipinski definition) is 0. The quantitative estimate of drug-likeness (QED) is 0.406. The van der Waals surface area contributed by atoms with E-state index in [4.69, 9.17) is 31.6 Å².